The summed E-state index contributed by atoms with van der Waals surface area (Å²) in [5, 5.41) is 9.00. The van der Waals surface area contributed by atoms with E-state index in [9.17, 15) is 28.4 Å². The highest BCUT2D eigenvalue weighted by Gasteiger charge is 2.45. The number of H-pyrrole nitrogens is 1. The van der Waals surface area contributed by atoms with Crippen LogP contribution in [0, 0.1) is 5.82 Å². The van der Waals surface area contributed by atoms with Crippen LogP contribution in [-0.2, 0) is 46.2 Å². The van der Waals surface area contributed by atoms with Gasteiger partial charge in [-0.25, -0.2) is 4.39 Å². The second kappa shape index (κ2) is 20.8. The lowest BCUT2D eigenvalue weighted by Gasteiger charge is -2.27. The first-order valence-electron chi connectivity index (χ1n) is 20.6. The molecular weight excluding hydrogens is 792 g/mol. The predicted molar refractivity (Wildman–Crippen MR) is 222 cm³/mol. The first kappa shape index (κ1) is 43.5. The second-order valence-electron chi connectivity index (χ2n) is 15.0. The van der Waals surface area contributed by atoms with Crippen LogP contribution in [0.4, 0.5) is 10.1 Å². The van der Waals surface area contributed by atoms with Crippen LogP contribution in [-0.4, -0.2) is 143 Å². The lowest BCUT2D eigenvalue weighted by atomic mass is 9.99. The molecule has 3 aromatic carbocycles. The largest absolute Gasteiger partial charge is 0.382 e. The van der Waals surface area contributed by atoms with E-state index >= 15 is 0 Å². The molecule has 61 heavy (non-hydrogen) atoms. The molecule has 4 N–H and O–H groups in total. The summed E-state index contributed by atoms with van der Waals surface area (Å²) >= 11 is 0. The van der Waals surface area contributed by atoms with E-state index in [4.69, 9.17) is 23.7 Å². The third-order valence-electron chi connectivity index (χ3n) is 10.7. The SMILES string of the molecule is CN(CCOCCOCCOCCOCCOCCNc1cccc2c1C(=O)N(C1CCC(=O)NC1=O)C2=O)Cc1ccc(-c2[nH]c3cc(F)cc4c3c2CCNC4=O)cc1. The zero-order valence-electron chi connectivity index (χ0n) is 34.1. The number of carbonyl (C=O) groups is 5. The molecule has 0 spiro atoms. The van der Waals surface area contributed by atoms with E-state index < -0.39 is 35.5 Å². The van der Waals surface area contributed by atoms with Crippen LogP contribution in [0.2, 0.25) is 0 Å². The summed E-state index contributed by atoms with van der Waals surface area (Å²) in [6.45, 7) is 6.70. The van der Waals surface area contributed by atoms with Crippen molar-refractivity contribution in [2.75, 3.05) is 98.1 Å². The minimum atomic E-state index is -1.02. The summed E-state index contributed by atoms with van der Waals surface area (Å²) in [5.74, 6) is -2.87. The number of piperidine rings is 1. The molecule has 3 aliphatic rings. The van der Waals surface area contributed by atoms with Crippen molar-refractivity contribution >= 4 is 46.1 Å². The van der Waals surface area contributed by atoms with Crippen LogP contribution >= 0.6 is 0 Å². The molecule has 1 aromatic heterocycles. The number of nitrogens with zero attached hydrogens (tertiary/aromatic N) is 2. The molecule has 0 saturated carbocycles. The van der Waals surface area contributed by atoms with Gasteiger partial charge in [-0.3, -0.25) is 39.1 Å². The number of hydrogen-bond acceptors (Lipinski definition) is 12. The number of carbonyl (C=O) groups excluding carboxylic acids is 5. The predicted octanol–water partition coefficient (Wildman–Crippen LogP) is 3.29. The molecule has 16 nitrogen and oxygen atoms in total. The zero-order valence-corrected chi connectivity index (χ0v) is 34.1. The number of fused-ring (bicyclic) bond motifs is 1. The molecule has 17 heteroatoms. The Morgan fingerprint density at radius 1 is 0.787 bits per heavy atom. The minimum Gasteiger partial charge on any atom is -0.382 e. The van der Waals surface area contributed by atoms with Crippen molar-refractivity contribution in [3.63, 3.8) is 0 Å². The van der Waals surface area contributed by atoms with Crippen molar-refractivity contribution in [2.45, 2.75) is 31.8 Å². The van der Waals surface area contributed by atoms with Gasteiger partial charge >= 0.3 is 0 Å². The van der Waals surface area contributed by atoms with Gasteiger partial charge in [0.15, 0.2) is 0 Å². The number of aromatic amines is 1. The molecule has 1 atom stereocenters. The molecule has 0 bridgehead atoms. The molecule has 0 aliphatic carbocycles. The number of amides is 5. The van der Waals surface area contributed by atoms with Gasteiger partial charge in [-0.05, 0) is 60.8 Å². The number of halogens is 1. The number of hydrogen-bond donors (Lipinski definition) is 4. The third-order valence-corrected chi connectivity index (χ3v) is 10.7. The van der Waals surface area contributed by atoms with E-state index in [1.54, 1.807) is 18.2 Å². The molecule has 3 aliphatic heterocycles. The number of likely N-dealkylation sites (N-methyl/N-ethyl adjacent to an activating group) is 1. The van der Waals surface area contributed by atoms with E-state index in [-0.39, 0.29) is 29.9 Å². The second-order valence-corrected chi connectivity index (χ2v) is 15.0. The summed E-state index contributed by atoms with van der Waals surface area (Å²) in [5.41, 5.74) is 5.98. The average molecular weight is 843 g/mol. The highest BCUT2D eigenvalue weighted by molar-refractivity contribution is 6.25. The lowest BCUT2D eigenvalue weighted by molar-refractivity contribution is -0.136. The van der Waals surface area contributed by atoms with E-state index in [0.717, 1.165) is 45.8 Å². The van der Waals surface area contributed by atoms with Crippen molar-refractivity contribution in [1.29, 1.82) is 0 Å². The van der Waals surface area contributed by atoms with Gasteiger partial charge in [0.2, 0.25) is 11.8 Å². The fraction of sp³-hybridized carbons (Fsp3) is 0.432. The molecule has 324 valence electrons. The van der Waals surface area contributed by atoms with Gasteiger partial charge in [-0.2, -0.15) is 0 Å². The van der Waals surface area contributed by atoms with Crippen LogP contribution in [0.15, 0.2) is 54.6 Å². The number of anilines is 1. The third kappa shape index (κ3) is 10.7. The van der Waals surface area contributed by atoms with Gasteiger partial charge in [-0.1, -0.05) is 30.3 Å². The maximum absolute atomic E-state index is 14.3. The minimum absolute atomic E-state index is 0.0612. The van der Waals surface area contributed by atoms with Crippen molar-refractivity contribution < 1.29 is 52.0 Å². The zero-order chi connectivity index (χ0) is 42.7. The topological polar surface area (TPSA) is 190 Å². The molecule has 7 rings (SSSR count). The Hall–Kier alpha value is -5.56. The molecule has 4 heterocycles. The van der Waals surface area contributed by atoms with Gasteiger partial charge in [0.1, 0.15) is 11.9 Å². The Morgan fingerprint density at radius 2 is 1.46 bits per heavy atom. The highest BCUT2D eigenvalue weighted by Crippen LogP contribution is 2.35. The fourth-order valence-corrected chi connectivity index (χ4v) is 7.73. The maximum atomic E-state index is 14.3. The first-order valence-corrected chi connectivity index (χ1v) is 20.6. The highest BCUT2D eigenvalue weighted by atomic mass is 19.1. The van der Waals surface area contributed by atoms with E-state index in [0.29, 0.717) is 102 Å². The van der Waals surface area contributed by atoms with Crippen LogP contribution in [0.25, 0.3) is 22.2 Å². The molecule has 1 fully saturated rings. The first-order chi connectivity index (χ1) is 29.7. The molecule has 0 radical (unpaired) electrons. The van der Waals surface area contributed by atoms with Crippen LogP contribution in [0.1, 0.15) is 55.0 Å². The Labute approximate surface area is 352 Å². The number of imide groups is 2. The number of nitrogens with one attached hydrogen (secondary N) is 4. The summed E-state index contributed by atoms with van der Waals surface area (Å²) < 4.78 is 42.3. The quantitative estimate of drug-likeness (QED) is 0.0631. The average Bonchev–Trinajstić information content (AvgIpc) is 3.66. The van der Waals surface area contributed by atoms with Crippen molar-refractivity contribution in [3.8, 4) is 11.3 Å². The van der Waals surface area contributed by atoms with E-state index in [2.05, 4.69) is 50.1 Å². The van der Waals surface area contributed by atoms with Gasteiger partial charge in [-0.15, -0.1) is 0 Å². The van der Waals surface area contributed by atoms with E-state index in [1.807, 2.05) is 7.05 Å². The van der Waals surface area contributed by atoms with Gasteiger partial charge in [0, 0.05) is 54.9 Å². The Kier molecular flexibility index (Phi) is 14.8. The lowest BCUT2D eigenvalue weighted by Crippen LogP contribution is -2.54. The Morgan fingerprint density at radius 3 is 2.15 bits per heavy atom. The normalized spacial score (nSPS) is 16.3. The number of benzene rings is 3. The molecule has 1 saturated heterocycles. The number of rotatable bonds is 23. The molecular formula is C44H51FN6O10. The Bertz CT molecular complexity index is 2230. The smallest absolute Gasteiger partial charge is 0.264 e. The van der Waals surface area contributed by atoms with Crippen molar-refractivity contribution in [1.82, 2.24) is 25.4 Å². The monoisotopic (exact) mass is 842 g/mol. The van der Waals surface area contributed by atoms with Gasteiger partial charge in [0.05, 0.1) is 82.8 Å². The van der Waals surface area contributed by atoms with Crippen molar-refractivity contribution in [2.24, 2.45) is 0 Å². The number of ether oxygens (including phenoxy) is 5. The summed E-state index contributed by atoms with van der Waals surface area (Å²) in [4.78, 5) is 69.1. The summed E-state index contributed by atoms with van der Waals surface area (Å²) in [7, 11) is 2.04. The molecule has 5 amide bonds. The van der Waals surface area contributed by atoms with Crippen LogP contribution in [0.3, 0.4) is 0 Å². The van der Waals surface area contributed by atoms with E-state index in [1.165, 1.54) is 12.1 Å². The maximum Gasteiger partial charge on any atom is 0.264 e. The van der Waals surface area contributed by atoms with Gasteiger partial charge < -0.3 is 39.3 Å². The Balaban J connectivity index is 0.677. The van der Waals surface area contributed by atoms with Crippen LogP contribution < -0.4 is 16.0 Å². The standard InChI is InChI=1S/C44H51FN6O10/c1-50(27-28-5-7-29(8-6-28)40-31-11-12-47-41(53)33-25-30(45)26-35(48-40)38(31)33)14-16-58-18-20-60-22-24-61-23-21-59-19-17-57-15-13-46-34-4-2-3-32-39(34)44(56)51(43(32)55)36-9-10-37(52)49-42(36)54/h2-8,25-26,36,46,48H,9-24,27H2,1H3,(H,47,53)(H,49,52,54). The van der Waals surface area contributed by atoms with Crippen LogP contribution in [0.5, 0.6) is 0 Å². The molecule has 1 unspecified atom stereocenters. The molecule has 4 aromatic rings. The summed E-state index contributed by atoms with van der Waals surface area (Å²) in [6, 6.07) is 14.9. The fourth-order valence-electron chi connectivity index (χ4n) is 7.73. The van der Waals surface area contributed by atoms with Gasteiger partial charge in [0.25, 0.3) is 17.7 Å². The summed E-state index contributed by atoms with van der Waals surface area (Å²) in [6.07, 6.45) is 0.824. The number of aromatic nitrogens is 1. The van der Waals surface area contributed by atoms with Crippen molar-refractivity contribution in [3.05, 3.63) is 88.2 Å².